The van der Waals surface area contributed by atoms with E-state index in [1.165, 1.54) is 0 Å². The Bertz CT molecular complexity index is 2170. The molecule has 5 aliphatic carbocycles. The molecule has 79 heavy (non-hydrogen) atoms. The lowest BCUT2D eigenvalue weighted by Gasteiger charge is -2.72. The monoisotopic (exact) mass is 1140 g/mol. The van der Waals surface area contributed by atoms with Gasteiger partial charge in [-0.2, -0.15) is 0 Å². The molecule has 30 atom stereocenters. The van der Waals surface area contributed by atoms with Crippen molar-refractivity contribution in [2.24, 2.45) is 50.2 Å². The van der Waals surface area contributed by atoms with Crippen molar-refractivity contribution in [1.29, 1.82) is 0 Å². The average molecular weight is 1140 g/mol. The molecule has 9 rings (SSSR count). The van der Waals surface area contributed by atoms with Gasteiger partial charge >= 0.3 is 5.97 Å². The lowest BCUT2D eigenvalue weighted by atomic mass is 9.33. The zero-order valence-electron chi connectivity index (χ0n) is 45.7. The van der Waals surface area contributed by atoms with Crippen LogP contribution >= 0.6 is 0 Å². The van der Waals surface area contributed by atoms with Crippen LogP contribution in [0.2, 0.25) is 0 Å². The summed E-state index contributed by atoms with van der Waals surface area (Å²) < 4.78 is 47.8. The smallest absolute Gasteiger partial charge is 0.315 e. The van der Waals surface area contributed by atoms with Gasteiger partial charge in [-0.05, 0) is 97.2 Å². The first-order valence-corrected chi connectivity index (χ1v) is 28.1. The van der Waals surface area contributed by atoms with Gasteiger partial charge in [0.05, 0.1) is 50.7 Å². The van der Waals surface area contributed by atoms with E-state index in [0.29, 0.717) is 51.4 Å². The standard InChI is InChI=1S/C54H88O25/c1-49(2)11-13-54(48(71)79-46-39(69)36(66)33(63)27(19-57)74-46)14-12-52(5)22(23(54)15-49)7-8-30-50(3)16-24(60)43(51(4,21-59)29(50)9-10-53(30,52)6)78-47-40(70)42(77-45-38(68)35(65)32(62)26(18-56)73-45)41(28(20-58)75-47)76-44-37(67)34(64)31(61)25(17-55)72-44/h7,23-47,55-70H,8-21H2,1-6H3. The van der Waals surface area contributed by atoms with E-state index < -0.39 is 201 Å². The largest absolute Gasteiger partial charge is 0.432 e. The molecule has 25 nitrogen and oxygen atoms in total. The Balaban J connectivity index is 0.993. The molecule has 0 bridgehead atoms. The molecule has 25 heteroatoms. The summed E-state index contributed by atoms with van der Waals surface area (Å²) in [6.07, 6.45) is -30.8. The minimum atomic E-state index is -2.03. The Labute approximate surface area is 458 Å². The predicted molar refractivity (Wildman–Crippen MR) is 266 cm³/mol. The van der Waals surface area contributed by atoms with Crippen LogP contribution in [0.5, 0.6) is 0 Å². The van der Waals surface area contributed by atoms with Crippen LogP contribution in [0.15, 0.2) is 11.6 Å². The quantitative estimate of drug-likeness (QED) is 0.0474. The number of aliphatic hydroxyl groups excluding tert-OH is 16. The van der Waals surface area contributed by atoms with E-state index in [0.717, 1.165) is 5.57 Å². The maximum atomic E-state index is 14.8. The van der Waals surface area contributed by atoms with Gasteiger partial charge in [0.1, 0.15) is 97.7 Å². The van der Waals surface area contributed by atoms with Crippen LogP contribution in [0.4, 0.5) is 0 Å². The summed E-state index contributed by atoms with van der Waals surface area (Å²) in [6, 6.07) is 0. The molecule has 9 aliphatic rings. The number of carbonyl (C=O) groups excluding carboxylic acids is 1. The van der Waals surface area contributed by atoms with Crippen molar-refractivity contribution in [2.45, 2.75) is 234 Å². The molecule has 4 saturated heterocycles. The Morgan fingerprint density at radius 3 is 1.54 bits per heavy atom. The molecule has 454 valence electrons. The number of carbonyl (C=O) groups is 1. The second-order valence-corrected chi connectivity index (χ2v) is 26.3. The van der Waals surface area contributed by atoms with E-state index in [4.69, 9.17) is 37.9 Å². The minimum Gasteiger partial charge on any atom is -0.432 e. The van der Waals surface area contributed by atoms with Gasteiger partial charge in [-0.15, -0.1) is 0 Å². The lowest BCUT2D eigenvalue weighted by Crippen LogP contribution is -2.70. The van der Waals surface area contributed by atoms with Gasteiger partial charge in [0.25, 0.3) is 0 Å². The fourth-order valence-corrected chi connectivity index (χ4v) is 16.7. The van der Waals surface area contributed by atoms with E-state index in [1.54, 1.807) is 6.92 Å². The van der Waals surface area contributed by atoms with Crippen LogP contribution in [0.25, 0.3) is 0 Å². The van der Waals surface area contributed by atoms with Gasteiger partial charge in [0.15, 0.2) is 18.9 Å². The van der Waals surface area contributed by atoms with Crippen LogP contribution in [-0.2, 0) is 42.7 Å². The first-order valence-electron chi connectivity index (χ1n) is 28.1. The Morgan fingerprint density at radius 1 is 0.532 bits per heavy atom. The van der Waals surface area contributed by atoms with E-state index in [1.807, 2.05) is 0 Å². The third kappa shape index (κ3) is 9.99. The summed E-state index contributed by atoms with van der Waals surface area (Å²) in [6.45, 7) is 9.03. The Morgan fingerprint density at radius 2 is 1.01 bits per heavy atom. The van der Waals surface area contributed by atoms with Gasteiger partial charge in [0, 0.05) is 5.41 Å². The summed E-state index contributed by atoms with van der Waals surface area (Å²) in [4.78, 5) is 14.8. The van der Waals surface area contributed by atoms with Crippen molar-refractivity contribution in [3.05, 3.63) is 11.6 Å². The molecule has 0 radical (unpaired) electrons. The fraction of sp³-hybridized carbons (Fsp3) is 0.944. The van der Waals surface area contributed by atoms with Crippen molar-refractivity contribution in [1.82, 2.24) is 0 Å². The first-order chi connectivity index (χ1) is 37.1. The predicted octanol–water partition coefficient (Wildman–Crippen LogP) is -4.09. The Hall–Kier alpha value is -1.71. The van der Waals surface area contributed by atoms with Crippen molar-refractivity contribution >= 4 is 5.97 Å². The molecule has 30 unspecified atom stereocenters. The van der Waals surface area contributed by atoms with Gasteiger partial charge in [-0.3, -0.25) is 4.79 Å². The summed E-state index contributed by atoms with van der Waals surface area (Å²) in [5.41, 5.74) is -2.88. The number of hydrogen-bond acceptors (Lipinski definition) is 25. The number of fused-ring (bicyclic) bond motifs is 7. The molecule has 0 aromatic carbocycles. The summed E-state index contributed by atoms with van der Waals surface area (Å²) in [5.74, 6) is -1.29. The highest BCUT2D eigenvalue weighted by Crippen LogP contribution is 2.76. The van der Waals surface area contributed by atoms with Gasteiger partial charge in [-0.1, -0.05) is 53.2 Å². The maximum Gasteiger partial charge on any atom is 0.315 e. The third-order valence-corrected chi connectivity index (χ3v) is 21.5. The Kier molecular flexibility index (Phi) is 17.7. The highest BCUT2D eigenvalue weighted by Gasteiger charge is 2.72. The zero-order valence-corrected chi connectivity index (χ0v) is 45.7. The highest BCUT2D eigenvalue weighted by molar-refractivity contribution is 5.79. The zero-order chi connectivity index (χ0) is 57.9. The second-order valence-electron chi connectivity index (χ2n) is 26.3. The van der Waals surface area contributed by atoms with Gasteiger partial charge in [0.2, 0.25) is 6.29 Å². The third-order valence-electron chi connectivity index (χ3n) is 21.5. The number of esters is 1. The molecule has 4 heterocycles. The maximum absolute atomic E-state index is 14.8. The van der Waals surface area contributed by atoms with Crippen LogP contribution in [-0.4, -0.2) is 256 Å². The van der Waals surface area contributed by atoms with Gasteiger partial charge in [-0.25, -0.2) is 0 Å². The SMILES string of the molecule is CC1(C)CCC2(C(=O)OC3OC(CO)C(O)C(O)C3O)CCC3(C)C(=CCC4C5(C)CC(O)C(OC6OC(CO)C(OC7OC(CO)C(O)C(O)C7O)C(OC7OC(CO)C(O)C(O)C7O)C6O)C(C)(CO)C5CCC43C)C2C1. The number of allylic oxidation sites excluding steroid dienone is 2. The van der Waals surface area contributed by atoms with E-state index in [9.17, 15) is 86.5 Å². The topological polar surface area (TPSA) is 415 Å². The number of hydrogen-bond donors (Lipinski definition) is 16. The van der Waals surface area contributed by atoms with E-state index >= 15 is 0 Å². The molecule has 4 aliphatic heterocycles. The fourth-order valence-electron chi connectivity index (χ4n) is 16.7. The molecule has 16 N–H and O–H groups in total. The van der Waals surface area contributed by atoms with Crippen molar-refractivity contribution in [3.63, 3.8) is 0 Å². The van der Waals surface area contributed by atoms with E-state index in [-0.39, 0.29) is 29.6 Å². The van der Waals surface area contributed by atoms with Crippen molar-refractivity contribution in [2.75, 3.05) is 33.0 Å². The molecule has 0 spiro atoms. The summed E-state index contributed by atoms with van der Waals surface area (Å²) in [5, 5.41) is 173. The molecule has 0 aromatic heterocycles. The summed E-state index contributed by atoms with van der Waals surface area (Å²) >= 11 is 0. The molecular formula is C54H88O25. The molecule has 4 saturated carbocycles. The molecule has 0 aromatic rings. The van der Waals surface area contributed by atoms with Crippen LogP contribution in [0.3, 0.4) is 0 Å². The number of rotatable bonds is 13. The van der Waals surface area contributed by atoms with Crippen molar-refractivity contribution < 1.29 is 124 Å². The lowest BCUT2D eigenvalue weighted by molar-refractivity contribution is -0.397. The van der Waals surface area contributed by atoms with Crippen LogP contribution < -0.4 is 0 Å². The minimum absolute atomic E-state index is 0.0916. The first kappa shape index (κ1) is 61.8. The van der Waals surface area contributed by atoms with Crippen molar-refractivity contribution in [3.8, 4) is 0 Å². The van der Waals surface area contributed by atoms with Crippen LogP contribution in [0, 0.1) is 50.2 Å². The molecule has 0 amide bonds. The summed E-state index contributed by atoms with van der Waals surface area (Å²) in [7, 11) is 0. The van der Waals surface area contributed by atoms with Crippen LogP contribution in [0.1, 0.15) is 99.3 Å². The molecule has 8 fully saturated rings. The highest BCUT2D eigenvalue weighted by atomic mass is 16.8. The number of aliphatic hydroxyl groups is 16. The molecular weight excluding hydrogens is 1050 g/mol. The second kappa shape index (κ2) is 22.6. The van der Waals surface area contributed by atoms with E-state index in [2.05, 4.69) is 40.7 Å². The number of ether oxygens (including phenoxy) is 8. The average Bonchev–Trinajstić information content (AvgIpc) is 3.57. The normalized spacial score (nSPS) is 54.6. The van der Waals surface area contributed by atoms with Gasteiger partial charge < -0.3 is 120 Å².